The molecule has 2 aromatic rings. The van der Waals surface area contributed by atoms with Crippen LogP contribution in [0.1, 0.15) is 42.9 Å². The summed E-state index contributed by atoms with van der Waals surface area (Å²) in [5.41, 5.74) is 7.07. The zero-order valence-electron chi connectivity index (χ0n) is 25.2. The summed E-state index contributed by atoms with van der Waals surface area (Å²) in [4.78, 5) is 30.8. The molecular weight excluding hydrogens is 562 g/mol. The predicted molar refractivity (Wildman–Crippen MR) is 162 cm³/mol. The van der Waals surface area contributed by atoms with E-state index < -0.39 is 52.3 Å². The van der Waals surface area contributed by atoms with Crippen molar-refractivity contribution in [1.82, 2.24) is 9.80 Å². The van der Waals surface area contributed by atoms with Crippen LogP contribution in [-0.4, -0.2) is 86.5 Å². The number of aliphatic hydroxyl groups is 3. The second-order valence-corrected chi connectivity index (χ2v) is 13.5. The van der Waals surface area contributed by atoms with Gasteiger partial charge in [0.15, 0.2) is 5.60 Å². The molecule has 5 aliphatic rings. The molecule has 2 aliphatic heterocycles. The van der Waals surface area contributed by atoms with E-state index in [1.54, 1.807) is 19.0 Å². The maximum Gasteiger partial charge on any atom is 0.253 e. The number of amides is 1. The molecular formula is C34H39N3O7. The number of aromatic hydroxyl groups is 1. The van der Waals surface area contributed by atoms with E-state index >= 15 is 0 Å². The molecule has 1 unspecified atom stereocenters. The van der Waals surface area contributed by atoms with Gasteiger partial charge in [-0.3, -0.25) is 19.4 Å². The average molecular weight is 602 g/mol. The number of ketones is 1. The predicted octanol–water partition coefficient (Wildman–Crippen LogP) is 3.02. The van der Waals surface area contributed by atoms with E-state index in [1.807, 2.05) is 18.2 Å². The fourth-order valence-electron chi connectivity index (χ4n) is 8.44. The molecule has 10 nitrogen and oxygen atoms in total. The quantitative estimate of drug-likeness (QED) is 0.325. The summed E-state index contributed by atoms with van der Waals surface area (Å²) in [6.45, 7) is 5.28. The molecule has 2 aromatic carbocycles. The molecule has 0 radical (unpaired) electrons. The lowest BCUT2D eigenvalue weighted by Gasteiger charge is -2.46. The van der Waals surface area contributed by atoms with Gasteiger partial charge in [-0.1, -0.05) is 31.2 Å². The van der Waals surface area contributed by atoms with Gasteiger partial charge < -0.3 is 30.9 Å². The number of hydrogen-bond donors (Lipinski definition) is 5. The highest BCUT2D eigenvalue weighted by Crippen LogP contribution is 2.67. The van der Waals surface area contributed by atoms with Crippen molar-refractivity contribution in [3.8, 4) is 16.9 Å². The zero-order valence-corrected chi connectivity index (χ0v) is 25.2. The number of benzene rings is 2. The number of phenolic OH excluding ortho intramolecular Hbond substituents is 1. The average Bonchev–Trinajstić information content (AvgIpc) is 3.60. The Morgan fingerprint density at radius 3 is 2.55 bits per heavy atom. The van der Waals surface area contributed by atoms with Gasteiger partial charge in [0.1, 0.15) is 22.8 Å². The molecule has 1 spiro atoms. The van der Waals surface area contributed by atoms with Gasteiger partial charge in [-0.25, -0.2) is 0 Å². The van der Waals surface area contributed by atoms with Gasteiger partial charge in [-0.2, -0.15) is 0 Å². The second-order valence-electron chi connectivity index (χ2n) is 13.5. The molecule has 0 bridgehead atoms. The van der Waals surface area contributed by atoms with Crippen molar-refractivity contribution in [2.75, 3.05) is 27.2 Å². The lowest BCUT2D eigenvalue weighted by molar-refractivity contribution is -0.127. The third-order valence-corrected chi connectivity index (χ3v) is 10.6. The minimum Gasteiger partial charge on any atom is -0.510 e. The molecule has 0 aromatic heterocycles. The van der Waals surface area contributed by atoms with E-state index in [9.17, 15) is 30.0 Å². The Kier molecular flexibility index (Phi) is 6.53. The third kappa shape index (κ3) is 3.94. The van der Waals surface area contributed by atoms with Crippen molar-refractivity contribution in [1.29, 1.82) is 0 Å². The first-order valence-electron chi connectivity index (χ1n) is 15.4. The molecule has 3 fully saturated rings. The van der Waals surface area contributed by atoms with Gasteiger partial charge in [-0.15, -0.1) is 0 Å². The molecule has 6 N–H and O–H groups in total. The van der Waals surface area contributed by atoms with Crippen molar-refractivity contribution >= 4 is 17.4 Å². The number of phenols is 1. The maximum absolute atomic E-state index is 14.3. The first-order valence-corrected chi connectivity index (χ1v) is 15.4. The number of carbonyl (C=O) groups is 2. The van der Waals surface area contributed by atoms with Crippen LogP contribution in [0.5, 0.6) is 5.75 Å². The lowest BCUT2D eigenvalue weighted by Crippen LogP contribution is -2.60. The van der Waals surface area contributed by atoms with Gasteiger partial charge in [0.05, 0.1) is 11.6 Å². The second kappa shape index (κ2) is 9.90. The number of primary amides is 1. The highest BCUT2D eigenvalue weighted by molar-refractivity contribution is 6.14. The molecule has 1 saturated carbocycles. The Hall–Kier alpha value is -3.70. The van der Waals surface area contributed by atoms with Crippen LogP contribution >= 0.6 is 0 Å². The Morgan fingerprint density at radius 2 is 1.86 bits per heavy atom. The fourth-order valence-corrected chi connectivity index (χ4v) is 8.44. The Balaban J connectivity index is 1.30. The van der Waals surface area contributed by atoms with Crippen LogP contribution in [-0.2, 0) is 27.3 Å². The van der Waals surface area contributed by atoms with E-state index in [1.165, 1.54) is 24.5 Å². The first-order chi connectivity index (χ1) is 20.9. The number of piperidine rings is 1. The minimum absolute atomic E-state index is 0.0490. The highest BCUT2D eigenvalue weighted by Gasteiger charge is 2.85. The highest BCUT2D eigenvalue weighted by atomic mass is 16.8. The molecule has 2 heterocycles. The maximum atomic E-state index is 14.3. The van der Waals surface area contributed by atoms with E-state index in [2.05, 4.69) is 24.0 Å². The number of aliphatic hydroxyl groups excluding tert-OH is 2. The van der Waals surface area contributed by atoms with Crippen molar-refractivity contribution in [2.45, 2.75) is 56.6 Å². The van der Waals surface area contributed by atoms with Crippen molar-refractivity contribution in [3.63, 3.8) is 0 Å². The van der Waals surface area contributed by atoms with Crippen molar-refractivity contribution in [2.24, 2.45) is 23.5 Å². The molecule has 7 rings (SSSR count). The number of likely N-dealkylation sites (N-methyl/N-ethyl adjacent to an activating group) is 1. The monoisotopic (exact) mass is 601 g/mol. The number of nitrogens with two attached hydrogens (primary N) is 1. The van der Waals surface area contributed by atoms with Crippen LogP contribution in [0, 0.1) is 17.8 Å². The topological polar surface area (TPSA) is 160 Å². The summed E-state index contributed by atoms with van der Waals surface area (Å²) >= 11 is 0. The van der Waals surface area contributed by atoms with Crippen LogP contribution in [0.3, 0.4) is 0 Å². The Bertz CT molecular complexity index is 1660. The summed E-state index contributed by atoms with van der Waals surface area (Å²) in [5.74, 6) is -5.53. The van der Waals surface area contributed by atoms with Gasteiger partial charge in [0, 0.05) is 18.0 Å². The summed E-state index contributed by atoms with van der Waals surface area (Å²) in [5, 5.41) is 45.2. The van der Waals surface area contributed by atoms with Crippen LogP contribution in [0.2, 0.25) is 0 Å². The number of carbonyl (C=O) groups excluding carboxylic acids is 2. The standard InChI is InChI=1S/C34H39N3O7/c1-17-9-11-37(12-10-17)16-18-5-4-6-19(13-18)21-7-8-24(38)26-22(21)14-20-15-23-28(36(2)3)30(40)27(32(35)42)34(43)33(23,44-34)31(41)25(20)29(26)39/h4-8,13,17,20,23,28,38-40,43H,9-12,14-16H2,1-3H3,(H2,35,42)/t20-,23-,28-,33-,34?/m0/s1. The molecule has 10 heteroatoms. The van der Waals surface area contributed by atoms with E-state index in [0.29, 0.717) is 6.42 Å². The summed E-state index contributed by atoms with van der Waals surface area (Å²) in [6.07, 6.45) is 3.00. The number of nitrogens with zero attached hydrogens (tertiary/aromatic N) is 2. The van der Waals surface area contributed by atoms with Crippen LogP contribution < -0.4 is 5.73 Å². The van der Waals surface area contributed by atoms with Gasteiger partial charge in [0.2, 0.25) is 11.6 Å². The molecule has 5 atom stereocenters. The number of fused-ring (bicyclic) bond motifs is 2. The number of epoxide rings is 1. The summed E-state index contributed by atoms with van der Waals surface area (Å²) in [6, 6.07) is 10.8. The number of ether oxygens (including phenoxy) is 1. The SMILES string of the molecule is CC1CCN(Cc2cccc(-c3ccc(O)c4c3C[C@H]3C[C@H]5[C@H](N(C)C)C(O)=C(C(N)=O)C6(O)O[C@]56C(=O)C3=C4O)c2)CC1. The molecule has 232 valence electrons. The molecule has 1 amide bonds. The zero-order chi connectivity index (χ0) is 31.3. The molecule has 44 heavy (non-hydrogen) atoms. The normalized spacial score (nSPS) is 31.8. The lowest BCUT2D eigenvalue weighted by atomic mass is 9.58. The Labute approximate surface area is 256 Å². The van der Waals surface area contributed by atoms with Gasteiger partial charge in [-0.05, 0) is 99.1 Å². The summed E-state index contributed by atoms with van der Waals surface area (Å²) < 4.78 is 5.73. The number of rotatable bonds is 5. The minimum atomic E-state index is -2.40. The van der Waals surface area contributed by atoms with Crippen LogP contribution in [0.25, 0.3) is 16.9 Å². The first kappa shape index (κ1) is 29.0. The van der Waals surface area contributed by atoms with Crippen LogP contribution in [0.15, 0.2) is 53.3 Å². The van der Waals surface area contributed by atoms with Crippen LogP contribution in [0.4, 0.5) is 0 Å². The van der Waals surface area contributed by atoms with Gasteiger partial charge >= 0.3 is 0 Å². The molecule has 2 saturated heterocycles. The largest absolute Gasteiger partial charge is 0.510 e. The van der Waals surface area contributed by atoms with E-state index in [0.717, 1.165) is 42.2 Å². The number of Topliss-reactive ketones (excluding diaryl/α,β-unsaturated/α-hetero) is 1. The van der Waals surface area contributed by atoms with E-state index in [4.69, 9.17) is 10.5 Å². The number of hydrogen-bond acceptors (Lipinski definition) is 9. The van der Waals surface area contributed by atoms with Gasteiger partial charge in [0.25, 0.3) is 5.91 Å². The van der Waals surface area contributed by atoms with Crippen molar-refractivity contribution < 1.29 is 34.8 Å². The summed E-state index contributed by atoms with van der Waals surface area (Å²) in [7, 11) is 3.41. The van der Waals surface area contributed by atoms with E-state index in [-0.39, 0.29) is 29.1 Å². The Morgan fingerprint density at radius 1 is 1.14 bits per heavy atom. The fraction of sp³-hybridized carbons (Fsp3) is 0.471. The molecule has 3 aliphatic carbocycles. The third-order valence-electron chi connectivity index (χ3n) is 10.6. The number of likely N-dealkylation sites (tertiary alicyclic amines) is 1. The van der Waals surface area contributed by atoms with Crippen molar-refractivity contribution in [3.05, 3.63) is 70.0 Å². The smallest absolute Gasteiger partial charge is 0.253 e.